The fourth-order valence-corrected chi connectivity index (χ4v) is 3.39. The van der Waals surface area contributed by atoms with Crippen LogP contribution in [0.3, 0.4) is 0 Å². The molecule has 1 N–H and O–H groups in total. The third kappa shape index (κ3) is 3.90. The summed E-state index contributed by atoms with van der Waals surface area (Å²) in [4.78, 5) is 22.7. The maximum absolute atomic E-state index is 12.4. The predicted octanol–water partition coefficient (Wildman–Crippen LogP) is 2.87. The number of nitro benzene ring substituents is 1. The van der Waals surface area contributed by atoms with E-state index in [1.165, 1.54) is 0 Å². The molecule has 0 fully saturated rings. The highest BCUT2D eigenvalue weighted by Crippen LogP contribution is 2.36. The Bertz CT molecular complexity index is 1200. The number of nitrogens with zero attached hydrogens (tertiary/aromatic N) is 2. The van der Waals surface area contributed by atoms with Crippen molar-refractivity contribution in [1.82, 2.24) is 5.43 Å². The molecule has 10 heteroatoms. The second kappa shape index (κ2) is 7.99. The van der Waals surface area contributed by atoms with Gasteiger partial charge in [-0.1, -0.05) is 45.9 Å². The lowest BCUT2D eigenvalue weighted by atomic mass is 10.1. The molecular weight excluding hydrogens is 458 g/mol. The fourth-order valence-electron chi connectivity index (χ4n) is 2.92. The second-order valence-electron chi connectivity index (χ2n) is 6.40. The third-order valence-corrected chi connectivity index (χ3v) is 5.00. The number of carbonyl (C=O) groups is 1. The van der Waals surface area contributed by atoms with Crippen LogP contribution < -0.4 is 20.0 Å². The zero-order valence-electron chi connectivity index (χ0n) is 15.2. The topological polar surface area (TPSA) is 126 Å². The first-order valence-corrected chi connectivity index (χ1v) is 9.52. The number of nitro groups is 1. The number of non-ortho nitro benzene ring substituents is 1. The second-order valence-corrected chi connectivity index (χ2v) is 7.26. The van der Waals surface area contributed by atoms with Gasteiger partial charge in [-0.05, 0) is 28.5 Å². The zero-order chi connectivity index (χ0) is 21.3. The molecule has 0 aliphatic carbocycles. The molecule has 0 spiro atoms. The highest BCUT2D eigenvalue weighted by molar-refractivity contribution is 9.10. The summed E-state index contributed by atoms with van der Waals surface area (Å²) in [5.41, 5.74) is 1.94. The van der Waals surface area contributed by atoms with E-state index in [1.807, 2.05) is 30.3 Å². The van der Waals surface area contributed by atoms with Crippen LogP contribution in [-0.4, -0.2) is 29.8 Å². The Morgan fingerprint density at radius 2 is 1.90 bits per heavy atom. The van der Waals surface area contributed by atoms with Crippen LogP contribution in [0.25, 0.3) is 10.8 Å². The van der Waals surface area contributed by atoms with Gasteiger partial charge in [-0.2, -0.15) is 5.10 Å². The summed E-state index contributed by atoms with van der Waals surface area (Å²) in [6.07, 6.45) is 0.0998. The molecule has 0 saturated carbocycles. The molecule has 0 radical (unpaired) electrons. The number of halogens is 1. The first-order valence-electron chi connectivity index (χ1n) is 8.72. The van der Waals surface area contributed by atoms with Gasteiger partial charge in [-0.25, -0.2) is 5.43 Å². The van der Waals surface area contributed by atoms with Gasteiger partial charge in [0.25, 0.3) is 11.6 Å². The summed E-state index contributed by atoms with van der Waals surface area (Å²) in [6, 6.07) is 13.5. The van der Waals surface area contributed by atoms with Crippen molar-refractivity contribution in [2.24, 2.45) is 5.10 Å². The van der Waals surface area contributed by atoms with Crippen molar-refractivity contribution in [2.75, 3.05) is 6.61 Å². The molecule has 0 unspecified atom stereocenters. The fraction of sp³-hybridized carbons (Fsp3) is 0.100. The Hall–Kier alpha value is -3.66. The smallest absolute Gasteiger partial charge is 0.284 e. The van der Waals surface area contributed by atoms with Crippen molar-refractivity contribution in [3.8, 4) is 17.2 Å². The Morgan fingerprint density at radius 3 is 2.60 bits per heavy atom. The average Bonchev–Trinajstić information content (AvgIpc) is 2.74. The van der Waals surface area contributed by atoms with Crippen molar-refractivity contribution in [2.45, 2.75) is 6.10 Å². The van der Waals surface area contributed by atoms with Crippen LogP contribution in [0.4, 0.5) is 5.69 Å². The van der Waals surface area contributed by atoms with Gasteiger partial charge in [-0.15, -0.1) is 0 Å². The maximum Gasteiger partial charge on any atom is 0.284 e. The number of hydrazone groups is 1. The summed E-state index contributed by atoms with van der Waals surface area (Å²) in [7, 11) is 0. The van der Waals surface area contributed by atoms with Gasteiger partial charge in [0, 0.05) is 16.6 Å². The van der Waals surface area contributed by atoms with Gasteiger partial charge < -0.3 is 14.6 Å². The number of amides is 1. The number of rotatable bonds is 4. The van der Waals surface area contributed by atoms with Crippen LogP contribution in [-0.2, 0) is 4.79 Å². The quantitative estimate of drug-likeness (QED) is 0.354. The van der Waals surface area contributed by atoms with Crippen LogP contribution >= 0.6 is 15.9 Å². The van der Waals surface area contributed by atoms with Crippen molar-refractivity contribution < 1.29 is 24.3 Å². The predicted molar refractivity (Wildman–Crippen MR) is 110 cm³/mol. The molecular formula is C20H13BrN3O6-. The number of fused-ring (bicyclic) bond motifs is 2. The van der Waals surface area contributed by atoms with Crippen LogP contribution in [0.2, 0.25) is 0 Å². The monoisotopic (exact) mass is 470 g/mol. The summed E-state index contributed by atoms with van der Waals surface area (Å²) in [5.74, 6) is -0.0918. The number of hydrogen-bond acceptors (Lipinski definition) is 7. The Kier molecular flexibility index (Phi) is 5.23. The molecule has 30 heavy (non-hydrogen) atoms. The van der Waals surface area contributed by atoms with Crippen molar-refractivity contribution >= 4 is 44.5 Å². The maximum atomic E-state index is 12.4. The van der Waals surface area contributed by atoms with Crippen molar-refractivity contribution in [3.05, 3.63) is 68.7 Å². The van der Waals surface area contributed by atoms with E-state index in [2.05, 4.69) is 26.5 Å². The van der Waals surface area contributed by atoms with E-state index in [4.69, 9.17) is 9.47 Å². The van der Waals surface area contributed by atoms with E-state index in [-0.39, 0.29) is 22.3 Å². The third-order valence-electron chi connectivity index (χ3n) is 4.41. The van der Waals surface area contributed by atoms with Gasteiger partial charge in [0.1, 0.15) is 6.61 Å². The lowest BCUT2D eigenvalue weighted by molar-refractivity contribution is -0.385. The number of nitrogens with one attached hydrogen (secondary N) is 1. The normalized spacial score (nSPS) is 15.3. The first kappa shape index (κ1) is 19.6. The van der Waals surface area contributed by atoms with Crippen LogP contribution in [0.15, 0.2) is 58.1 Å². The van der Waals surface area contributed by atoms with Gasteiger partial charge in [0.05, 0.1) is 11.1 Å². The van der Waals surface area contributed by atoms with E-state index < -0.39 is 22.7 Å². The summed E-state index contributed by atoms with van der Waals surface area (Å²) in [5, 5.41) is 28.6. The van der Waals surface area contributed by atoms with E-state index in [0.717, 1.165) is 29.1 Å². The van der Waals surface area contributed by atoms with E-state index in [1.54, 1.807) is 6.07 Å². The highest BCUT2D eigenvalue weighted by Gasteiger charge is 2.27. The molecule has 0 saturated heterocycles. The molecule has 3 aromatic rings. The van der Waals surface area contributed by atoms with E-state index >= 15 is 0 Å². The molecule has 152 valence electrons. The number of hydrogen-bond donors (Lipinski definition) is 1. The van der Waals surface area contributed by atoms with Crippen LogP contribution in [0.1, 0.15) is 5.56 Å². The number of ether oxygens (including phenoxy) is 2. The lowest BCUT2D eigenvalue weighted by Crippen LogP contribution is -2.42. The molecule has 3 aromatic carbocycles. The summed E-state index contributed by atoms with van der Waals surface area (Å²) >= 11 is 2.98. The minimum atomic E-state index is -0.945. The molecule has 1 heterocycles. The minimum absolute atomic E-state index is 0.0120. The molecule has 0 bridgehead atoms. The zero-order valence-corrected chi connectivity index (χ0v) is 16.8. The van der Waals surface area contributed by atoms with Crippen molar-refractivity contribution in [1.29, 1.82) is 0 Å². The van der Waals surface area contributed by atoms with Gasteiger partial charge in [0.15, 0.2) is 11.5 Å². The molecule has 4 rings (SSSR count). The van der Waals surface area contributed by atoms with Crippen LogP contribution in [0.5, 0.6) is 17.2 Å². The van der Waals surface area contributed by atoms with Gasteiger partial charge in [0.2, 0.25) is 6.10 Å². The molecule has 1 aliphatic rings. The number of benzene rings is 3. The molecule has 0 aromatic heterocycles. The Balaban J connectivity index is 1.46. The Labute approximate surface area is 178 Å². The molecule has 9 nitrogen and oxygen atoms in total. The van der Waals surface area contributed by atoms with E-state index in [9.17, 15) is 20.0 Å². The van der Waals surface area contributed by atoms with Gasteiger partial charge >= 0.3 is 0 Å². The molecule has 1 atom stereocenters. The number of carbonyl (C=O) groups excluding carboxylic acids is 1. The largest absolute Gasteiger partial charge is 0.871 e. The first-order chi connectivity index (χ1) is 14.4. The highest BCUT2D eigenvalue weighted by atomic mass is 79.9. The van der Waals surface area contributed by atoms with E-state index in [0.29, 0.717) is 11.5 Å². The average molecular weight is 471 g/mol. The lowest BCUT2D eigenvalue weighted by Gasteiger charge is -2.25. The standard InChI is InChI=1S/C20H14BrN3O6/c21-15-8-14(24(27)28)5-13(19(15)25)9-22-23-20(26)18-10-29-16-6-11-3-1-2-4-12(11)7-17(16)30-18/h1-9,18,25H,10H2,(H,23,26)/p-1/b22-9+/t18-/m1/s1. The minimum Gasteiger partial charge on any atom is -0.871 e. The Morgan fingerprint density at radius 1 is 1.20 bits per heavy atom. The molecule has 1 amide bonds. The summed E-state index contributed by atoms with van der Waals surface area (Å²) in [6.45, 7) is -0.0120. The SMILES string of the molecule is O=C(N/N=C/c1cc([N+](=O)[O-])cc(Br)c1[O-])[C@H]1COc2cc3ccccc3cc2O1. The van der Waals surface area contributed by atoms with Crippen LogP contribution in [0, 0.1) is 10.1 Å². The van der Waals surface area contributed by atoms with Gasteiger partial charge in [-0.3, -0.25) is 14.9 Å². The van der Waals surface area contributed by atoms with Crippen molar-refractivity contribution in [3.63, 3.8) is 0 Å². The summed E-state index contributed by atoms with van der Waals surface area (Å²) < 4.78 is 11.4. The molecule has 1 aliphatic heterocycles.